The third-order valence-corrected chi connectivity index (χ3v) is 7.55. The van der Waals surface area contributed by atoms with Crippen LogP contribution in [-0.4, -0.2) is 50.0 Å². The van der Waals surface area contributed by atoms with Crippen LogP contribution in [0.1, 0.15) is 32.1 Å². The van der Waals surface area contributed by atoms with Crippen LogP contribution in [0, 0.1) is 5.82 Å². The van der Waals surface area contributed by atoms with E-state index in [2.05, 4.69) is 20.2 Å². The highest BCUT2D eigenvalue weighted by molar-refractivity contribution is 5.74. The molecule has 4 atom stereocenters. The minimum Gasteiger partial charge on any atom is -0.507 e. The maximum atomic E-state index is 15.3. The molecule has 0 spiro atoms. The molecule has 4 heterocycles. The van der Waals surface area contributed by atoms with Crippen LogP contribution >= 0.6 is 0 Å². The number of halogens is 3. The molecule has 10 heteroatoms. The zero-order valence-corrected chi connectivity index (χ0v) is 19.4. The van der Waals surface area contributed by atoms with Gasteiger partial charge in [-0.3, -0.25) is 14.3 Å². The summed E-state index contributed by atoms with van der Waals surface area (Å²) >= 11 is 0. The van der Waals surface area contributed by atoms with Gasteiger partial charge in [0.05, 0.1) is 24.1 Å². The highest BCUT2D eigenvalue weighted by Crippen LogP contribution is 2.40. The summed E-state index contributed by atoms with van der Waals surface area (Å²) < 4.78 is 43.9. The van der Waals surface area contributed by atoms with Crippen LogP contribution in [0.5, 0.6) is 5.75 Å². The minimum absolute atomic E-state index is 0.0124. The largest absolute Gasteiger partial charge is 0.507 e. The number of hydrogen-bond acceptors (Lipinski definition) is 6. The van der Waals surface area contributed by atoms with Gasteiger partial charge in [0.15, 0.2) is 6.80 Å². The molecule has 3 fully saturated rings. The van der Waals surface area contributed by atoms with E-state index in [1.807, 2.05) is 0 Å². The third-order valence-electron chi connectivity index (χ3n) is 7.55. The number of nitrogens with one attached hydrogen (secondary N) is 1. The molecule has 36 heavy (non-hydrogen) atoms. The summed E-state index contributed by atoms with van der Waals surface area (Å²) in [6.45, 7) is -0.983. The average molecular weight is 498 g/mol. The highest BCUT2D eigenvalue weighted by atomic mass is 19.1. The van der Waals surface area contributed by atoms with Crippen molar-refractivity contribution in [3.8, 4) is 28.1 Å². The molecule has 1 saturated carbocycles. The molecule has 3 aromatic rings. The lowest BCUT2D eigenvalue weighted by Crippen LogP contribution is -2.57. The molecule has 2 saturated heterocycles. The SMILES string of the molecule is O=c1cc(-c2cc(O)c(-c3cnc(N(C4CC4)[C@@H]4C[C@H]5CC[C@H](N5)[C@@H]4F)cn3)cc2F)ccn1CF. The lowest BCUT2D eigenvalue weighted by molar-refractivity contribution is 0.171. The van der Waals surface area contributed by atoms with E-state index in [1.54, 1.807) is 6.20 Å². The third kappa shape index (κ3) is 4.03. The van der Waals surface area contributed by atoms with Crippen LogP contribution in [0.25, 0.3) is 22.4 Å². The predicted octanol–water partition coefficient (Wildman–Crippen LogP) is 3.94. The monoisotopic (exact) mass is 497 g/mol. The second kappa shape index (κ2) is 8.92. The van der Waals surface area contributed by atoms with E-state index in [-0.39, 0.29) is 46.3 Å². The van der Waals surface area contributed by atoms with E-state index in [0.29, 0.717) is 11.9 Å². The molecule has 1 aliphatic carbocycles. The molecule has 188 valence electrons. The molecule has 0 unspecified atom stereocenters. The fourth-order valence-electron chi connectivity index (χ4n) is 5.58. The Morgan fingerprint density at radius 3 is 2.64 bits per heavy atom. The fourth-order valence-corrected chi connectivity index (χ4v) is 5.58. The first-order chi connectivity index (χ1) is 17.4. The Kier molecular flexibility index (Phi) is 5.70. The van der Waals surface area contributed by atoms with Gasteiger partial charge in [0.25, 0.3) is 5.56 Å². The summed E-state index contributed by atoms with van der Waals surface area (Å²) in [6.07, 6.45) is 7.80. The predicted molar refractivity (Wildman–Crippen MR) is 129 cm³/mol. The number of aromatic nitrogens is 3. The van der Waals surface area contributed by atoms with Gasteiger partial charge in [0.2, 0.25) is 0 Å². The maximum absolute atomic E-state index is 15.3. The van der Waals surface area contributed by atoms with Crippen LogP contribution in [0.15, 0.2) is 47.7 Å². The normalized spacial score (nSPS) is 25.2. The second-order valence-corrected chi connectivity index (χ2v) is 9.89. The van der Waals surface area contributed by atoms with Gasteiger partial charge >= 0.3 is 0 Å². The number of alkyl halides is 2. The number of nitrogens with zero attached hydrogens (tertiary/aromatic N) is 4. The summed E-state index contributed by atoms with van der Waals surface area (Å²) in [5.74, 6) is -0.322. The molecule has 7 nitrogen and oxygen atoms in total. The van der Waals surface area contributed by atoms with E-state index >= 15 is 8.78 Å². The number of hydrogen-bond donors (Lipinski definition) is 2. The maximum Gasteiger partial charge on any atom is 0.253 e. The summed E-state index contributed by atoms with van der Waals surface area (Å²) in [4.78, 5) is 23.0. The molecule has 1 aromatic carbocycles. The van der Waals surface area contributed by atoms with Gasteiger partial charge in [0, 0.05) is 41.5 Å². The van der Waals surface area contributed by atoms with Crippen molar-refractivity contribution in [1.29, 1.82) is 0 Å². The first-order valence-electron chi connectivity index (χ1n) is 12.2. The van der Waals surface area contributed by atoms with Crippen LogP contribution in [0.4, 0.5) is 19.0 Å². The Morgan fingerprint density at radius 2 is 1.94 bits per heavy atom. The molecular weight excluding hydrogens is 471 g/mol. The Hall–Kier alpha value is -3.40. The number of benzene rings is 1. The van der Waals surface area contributed by atoms with Crippen molar-refractivity contribution in [2.24, 2.45) is 0 Å². The van der Waals surface area contributed by atoms with E-state index < -0.39 is 24.3 Å². The Labute approximate surface area is 205 Å². The number of fused-ring (bicyclic) bond motifs is 2. The molecule has 3 aliphatic rings. The number of phenols is 1. The van der Waals surface area contributed by atoms with E-state index in [9.17, 15) is 14.3 Å². The van der Waals surface area contributed by atoms with Crippen LogP contribution in [0.2, 0.25) is 0 Å². The molecule has 2 N–H and O–H groups in total. The summed E-state index contributed by atoms with van der Waals surface area (Å²) in [5, 5.41) is 14.0. The molecule has 2 aromatic heterocycles. The zero-order chi connectivity index (χ0) is 25.0. The van der Waals surface area contributed by atoms with Crippen LogP contribution < -0.4 is 15.8 Å². The van der Waals surface area contributed by atoms with Crippen molar-refractivity contribution in [1.82, 2.24) is 19.9 Å². The van der Waals surface area contributed by atoms with E-state index in [1.165, 1.54) is 24.5 Å². The summed E-state index contributed by atoms with van der Waals surface area (Å²) in [6, 6.07) is 5.06. The van der Waals surface area contributed by atoms with Gasteiger partial charge in [-0.15, -0.1) is 0 Å². The number of anilines is 1. The van der Waals surface area contributed by atoms with Crippen LogP contribution in [-0.2, 0) is 6.80 Å². The van der Waals surface area contributed by atoms with Gasteiger partial charge in [-0.05, 0) is 55.9 Å². The molecule has 0 radical (unpaired) electrons. The van der Waals surface area contributed by atoms with Gasteiger partial charge < -0.3 is 15.3 Å². The zero-order valence-electron chi connectivity index (χ0n) is 19.4. The molecule has 6 rings (SSSR count). The van der Waals surface area contributed by atoms with Crippen molar-refractivity contribution in [3.05, 3.63) is 59.0 Å². The second-order valence-electron chi connectivity index (χ2n) is 9.89. The first kappa shape index (κ1) is 23.0. The smallest absolute Gasteiger partial charge is 0.253 e. The molecule has 0 amide bonds. The topological polar surface area (TPSA) is 83.3 Å². The van der Waals surface area contributed by atoms with Crippen molar-refractivity contribution < 1.29 is 18.3 Å². The van der Waals surface area contributed by atoms with Crippen molar-refractivity contribution in [3.63, 3.8) is 0 Å². The lowest BCUT2D eigenvalue weighted by atomic mass is 9.96. The van der Waals surface area contributed by atoms with Crippen LogP contribution in [0.3, 0.4) is 0 Å². The lowest BCUT2D eigenvalue weighted by Gasteiger charge is -2.41. The van der Waals surface area contributed by atoms with E-state index in [4.69, 9.17) is 0 Å². The minimum atomic E-state index is -0.983. The van der Waals surface area contributed by atoms with Gasteiger partial charge in [0.1, 0.15) is 23.6 Å². The standard InChI is InChI=1S/C26H26F3N5O2/c27-13-33-6-5-14(7-25(33)36)17-10-23(35)18(9-19(17)28)21-11-31-24(12-30-21)34(16-2-3-16)22-8-15-1-4-20(32-15)26(22)29/h5-7,9-12,15-16,20,22,26,32,35H,1-4,8,13H2/t15-,20+,22-,26+/m1/s1. The highest BCUT2D eigenvalue weighted by Gasteiger charge is 2.48. The Morgan fingerprint density at radius 1 is 1.11 bits per heavy atom. The number of pyridine rings is 1. The van der Waals surface area contributed by atoms with Crippen molar-refractivity contribution >= 4 is 5.82 Å². The molecule has 2 bridgehead atoms. The quantitative estimate of drug-likeness (QED) is 0.537. The Bertz CT molecular complexity index is 1340. The number of piperidine rings is 1. The van der Waals surface area contributed by atoms with E-state index in [0.717, 1.165) is 48.8 Å². The van der Waals surface area contributed by atoms with Crippen molar-refractivity contribution in [2.75, 3.05) is 4.90 Å². The molecule has 2 aliphatic heterocycles. The van der Waals surface area contributed by atoms with Gasteiger partial charge in [-0.25, -0.2) is 18.2 Å². The summed E-state index contributed by atoms with van der Waals surface area (Å²) in [5.41, 5.74) is 0.0404. The Balaban J connectivity index is 1.28. The van der Waals surface area contributed by atoms with Gasteiger partial charge in [-0.2, -0.15) is 0 Å². The first-order valence-corrected chi connectivity index (χ1v) is 12.2. The fraction of sp³-hybridized carbons (Fsp3) is 0.423. The molecular formula is C26H26F3N5O2. The summed E-state index contributed by atoms with van der Waals surface area (Å²) in [7, 11) is 0. The van der Waals surface area contributed by atoms with Crippen molar-refractivity contribution in [2.45, 2.75) is 69.2 Å². The number of phenolic OH excluding ortho intramolecular Hbond substituents is 1. The average Bonchev–Trinajstić information content (AvgIpc) is 3.63. The number of rotatable bonds is 6. The van der Waals surface area contributed by atoms with Gasteiger partial charge in [-0.1, -0.05) is 0 Å². The number of aromatic hydroxyl groups is 1.